The minimum Gasteiger partial charge on any atom is -0.374 e. The van der Waals surface area contributed by atoms with Gasteiger partial charge in [0.2, 0.25) is 0 Å². The molecule has 0 aliphatic rings. The maximum Gasteiger partial charge on any atom is 0.251 e. The molecule has 0 unspecified atom stereocenters. The Morgan fingerprint density at radius 3 is 2.59 bits per heavy atom. The molecule has 0 fully saturated rings. The van der Waals surface area contributed by atoms with Crippen LogP contribution < -0.4 is 5.32 Å². The molecular weight excluding hydrogens is 338 g/mol. The highest BCUT2D eigenvalue weighted by Gasteiger charge is 2.06. The quantitative estimate of drug-likeness (QED) is 0.662. The zero-order valence-electron chi connectivity index (χ0n) is 15.8. The lowest BCUT2D eigenvalue weighted by Crippen LogP contribution is -2.22. The molecule has 3 rings (SSSR count). The molecule has 0 aliphatic heterocycles. The molecule has 0 bridgehead atoms. The van der Waals surface area contributed by atoms with Crippen molar-refractivity contribution in [3.05, 3.63) is 89.5 Å². The number of carbonyl (C=O) groups excluding carboxylic acids is 1. The number of rotatable bonds is 8. The highest BCUT2D eigenvalue weighted by molar-refractivity contribution is 5.94. The van der Waals surface area contributed by atoms with Gasteiger partial charge in [-0.25, -0.2) is 4.98 Å². The van der Waals surface area contributed by atoms with Gasteiger partial charge in [-0.1, -0.05) is 36.4 Å². The van der Waals surface area contributed by atoms with E-state index in [1.54, 1.807) is 12.5 Å². The first kappa shape index (κ1) is 18.9. The van der Waals surface area contributed by atoms with Gasteiger partial charge in [-0.2, -0.15) is 0 Å². The van der Waals surface area contributed by atoms with E-state index in [9.17, 15) is 4.79 Å². The van der Waals surface area contributed by atoms with Crippen LogP contribution in [0, 0.1) is 0 Å². The van der Waals surface area contributed by atoms with Crippen LogP contribution in [0.4, 0.5) is 0 Å². The van der Waals surface area contributed by atoms with Gasteiger partial charge in [0.05, 0.1) is 19.0 Å². The minimum atomic E-state index is -0.0759. The van der Waals surface area contributed by atoms with Crippen molar-refractivity contribution in [2.75, 3.05) is 0 Å². The average Bonchev–Trinajstić information content (AvgIpc) is 3.18. The zero-order valence-corrected chi connectivity index (χ0v) is 15.8. The van der Waals surface area contributed by atoms with Crippen molar-refractivity contribution in [2.45, 2.75) is 39.6 Å². The number of carbonyl (C=O) groups is 1. The topological polar surface area (TPSA) is 56.1 Å². The molecule has 5 heteroatoms. The predicted octanol–water partition coefficient (Wildman–Crippen LogP) is 3.79. The van der Waals surface area contributed by atoms with Crippen LogP contribution in [0.25, 0.3) is 0 Å². The molecule has 0 atom stereocenters. The molecule has 2 aromatic carbocycles. The Labute approximate surface area is 160 Å². The van der Waals surface area contributed by atoms with Crippen LogP contribution in [0.15, 0.2) is 67.3 Å². The third-order valence-electron chi connectivity index (χ3n) is 4.17. The molecule has 0 saturated heterocycles. The maximum atomic E-state index is 12.4. The average molecular weight is 363 g/mol. The second-order valence-electron chi connectivity index (χ2n) is 6.79. The second-order valence-corrected chi connectivity index (χ2v) is 6.79. The summed E-state index contributed by atoms with van der Waals surface area (Å²) in [6.45, 7) is 5.85. The second kappa shape index (κ2) is 9.14. The van der Waals surface area contributed by atoms with E-state index in [2.05, 4.69) is 16.4 Å². The van der Waals surface area contributed by atoms with E-state index in [0.29, 0.717) is 18.7 Å². The molecule has 5 nitrogen and oxygen atoms in total. The first-order valence-corrected chi connectivity index (χ1v) is 9.12. The molecule has 0 aliphatic carbocycles. The van der Waals surface area contributed by atoms with Crippen LogP contribution >= 0.6 is 0 Å². The van der Waals surface area contributed by atoms with Gasteiger partial charge >= 0.3 is 0 Å². The number of hydrogen-bond acceptors (Lipinski definition) is 3. The van der Waals surface area contributed by atoms with Crippen molar-refractivity contribution in [1.82, 2.24) is 14.9 Å². The number of hydrogen-bond donors (Lipinski definition) is 1. The van der Waals surface area contributed by atoms with Gasteiger partial charge in [-0.3, -0.25) is 4.79 Å². The third kappa shape index (κ3) is 5.79. The van der Waals surface area contributed by atoms with Gasteiger partial charge in [-0.05, 0) is 42.7 Å². The Morgan fingerprint density at radius 1 is 1.11 bits per heavy atom. The summed E-state index contributed by atoms with van der Waals surface area (Å²) in [5.74, 6) is -0.0759. The number of aromatic nitrogens is 2. The largest absolute Gasteiger partial charge is 0.374 e. The fourth-order valence-corrected chi connectivity index (χ4v) is 2.73. The van der Waals surface area contributed by atoms with Crippen molar-refractivity contribution in [2.24, 2.45) is 0 Å². The van der Waals surface area contributed by atoms with Gasteiger partial charge in [0.1, 0.15) is 0 Å². The first-order valence-electron chi connectivity index (χ1n) is 9.12. The van der Waals surface area contributed by atoms with Gasteiger partial charge in [-0.15, -0.1) is 0 Å². The molecule has 1 heterocycles. The molecule has 0 spiro atoms. The lowest BCUT2D eigenvalue weighted by atomic mass is 10.1. The first-order chi connectivity index (χ1) is 13.1. The summed E-state index contributed by atoms with van der Waals surface area (Å²) >= 11 is 0. The van der Waals surface area contributed by atoms with E-state index in [4.69, 9.17) is 4.74 Å². The van der Waals surface area contributed by atoms with E-state index in [1.807, 2.05) is 67.1 Å². The molecule has 1 N–H and O–H groups in total. The van der Waals surface area contributed by atoms with E-state index >= 15 is 0 Å². The third-order valence-corrected chi connectivity index (χ3v) is 4.17. The van der Waals surface area contributed by atoms with Crippen molar-refractivity contribution < 1.29 is 9.53 Å². The highest BCUT2D eigenvalue weighted by atomic mass is 16.5. The summed E-state index contributed by atoms with van der Waals surface area (Å²) in [6, 6.07) is 15.8. The van der Waals surface area contributed by atoms with Crippen molar-refractivity contribution in [1.29, 1.82) is 0 Å². The summed E-state index contributed by atoms with van der Waals surface area (Å²) in [4.78, 5) is 16.4. The van der Waals surface area contributed by atoms with Crippen LogP contribution in [0.2, 0.25) is 0 Å². The van der Waals surface area contributed by atoms with Crippen molar-refractivity contribution in [3.8, 4) is 0 Å². The lowest BCUT2D eigenvalue weighted by molar-refractivity contribution is 0.0657. The number of ether oxygens (including phenoxy) is 1. The molecular formula is C22H25N3O2. The van der Waals surface area contributed by atoms with Gasteiger partial charge in [0, 0.05) is 31.0 Å². The van der Waals surface area contributed by atoms with Gasteiger partial charge in [0.25, 0.3) is 5.91 Å². The molecule has 27 heavy (non-hydrogen) atoms. The Kier molecular flexibility index (Phi) is 6.39. The summed E-state index contributed by atoms with van der Waals surface area (Å²) in [6.07, 6.45) is 5.65. The van der Waals surface area contributed by atoms with Gasteiger partial charge < -0.3 is 14.6 Å². The summed E-state index contributed by atoms with van der Waals surface area (Å²) in [7, 11) is 0. The van der Waals surface area contributed by atoms with Crippen molar-refractivity contribution in [3.63, 3.8) is 0 Å². The number of nitrogens with one attached hydrogen (secondary N) is 1. The Morgan fingerprint density at radius 2 is 1.89 bits per heavy atom. The smallest absolute Gasteiger partial charge is 0.251 e. The number of imidazole rings is 1. The Hall–Kier alpha value is -2.92. The predicted molar refractivity (Wildman–Crippen MR) is 105 cm³/mol. The van der Waals surface area contributed by atoms with Crippen molar-refractivity contribution >= 4 is 5.91 Å². The molecule has 0 saturated carbocycles. The van der Waals surface area contributed by atoms with Crippen LogP contribution in [0.1, 0.15) is 40.9 Å². The highest BCUT2D eigenvalue weighted by Crippen LogP contribution is 2.10. The fourth-order valence-electron chi connectivity index (χ4n) is 2.73. The van der Waals surface area contributed by atoms with E-state index in [1.165, 1.54) is 0 Å². The Balaban J connectivity index is 1.53. The van der Waals surface area contributed by atoms with Crippen LogP contribution in [0.3, 0.4) is 0 Å². The normalized spacial score (nSPS) is 10.9. The number of nitrogens with zero attached hydrogens (tertiary/aromatic N) is 2. The van der Waals surface area contributed by atoms with E-state index in [0.717, 1.165) is 23.2 Å². The zero-order chi connectivity index (χ0) is 19.1. The molecule has 1 aromatic heterocycles. The molecule has 140 valence electrons. The summed E-state index contributed by atoms with van der Waals surface area (Å²) in [5.41, 5.74) is 3.95. The summed E-state index contributed by atoms with van der Waals surface area (Å²) < 4.78 is 7.62. The lowest BCUT2D eigenvalue weighted by Gasteiger charge is -2.10. The maximum absolute atomic E-state index is 12.4. The number of amides is 1. The van der Waals surface area contributed by atoms with E-state index < -0.39 is 0 Å². The molecule has 3 aromatic rings. The van der Waals surface area contributed by atoms with Crippen LogP contribution in [-0.4, -0.2) is 21.6 Å². The summed E-state index contributed by atoms with van der Waals surface area (Å²) in [5, 5.41) is 2.98. The SMILES string of the molecule is CC(C)OCc1cccc(CNC(=O)c2ccc(Cn3ccnc3)cc2)c1. The van der Waals surface area contributed by atoms with Crippen LogP contribution in [-0.2, 0) is 24.4 Å². The number of benzene rings is 2. The Bertz CT molecular complexity index is 856. The monoisotopic (exact) mass is 363 g/mol. The molecule has 0 radical (unpaired) electrons. The van der Waals surface area contributed by atoms with E-state index in [-0.39, 0.29) is 12.0 Å². The fraction of sp³-hybridized carbons (Fsp3) is 0.273. The standard InChI is InChI=1S/C22H25N3O2/c1-17(2)27-15-20-5-3-4-19(12-20)13-24-22(26)21-8-6-18(7-9-21)14-25-11-10-23-16-25/h3-12,16-17H,13-15H2,1-2H3,(H,24,26). The molecule has 1 amide bonds. The van der Waals surface area contributed by atoms with Crippen LogP contribution in [0.5, 0.6) is 0 Å². The minimum absolute atomic E-state index is 0.0759. The van der Waals surface area contributed by atoms with Gasteiger partial charge in [0.15, 0.2) is 0 Å².